The van der Waals surface area contributed by atoms with E-state index in [-0.39, 0.29) is 11.7 Å². The third kappa shape index (κ3) is 4.95. The van der Waals surface area contributed by atoms with Crippen molar-refractivity contribution in [3.63, 3.8) is 0 Å². The molecule has 2 fully saturated rings. The minimum absolute atomic E-state index is 0.00716. The smallest absolute Gasteiger partial charge is 0.243 e. The average molecular weight is 494 g/mol. The van der Waals surface area contributed by atoms with Gasteiger partial charge in [-0.05, 0) is 61.8 Å². The molecule has 1 aliphatic heterocycles. The third-order valence-corrected chi connectivity index (χ3v) is 10.0. The minimum Gasteiger partial charge on any atom is -0.357 e. The number of aryl methyl sites for hydroxylation is 2. The summed E-state index contributed by atoms with van der Waals surface area (Å²) in [4.78, 5) is 14.8. The molecule has 1 saturated carbocycles. The third-order valence-electron chi connectivity index (χ3n) is 6.18. The number of anilines is 1. The van der Waals surface area contributed by atoms with Crippen LogP contribution in [0.3, 0.4) is 0 Å². The predicted molar refractivity (Wildman–Crippen MR) is 126 cm³/mol. The summed E-state index contributed by atoms with van der Waals surface area (Å²) in [5.41, 5.74) is 2.43. The molecule has 11 heteroatoms. The Morgan fingerprint density at radius 1 is 1.09 bits per heavy atom. The zero-order valence-electron chi connectivity index (χ0n) is 17.8. The van der Waals surface area contributed by atoms with Crippen molar-refractivity contribution in [1.82, 2.24) is 19.4 Å². The van der Waals surface area contributed by atoms with Gasteiger partial charge in [0.25, 0.3) is 0 Å². The summed E-state index contributed by atoms with van der Waals surface area (Å²) >= 11 is 2.86. The summed E-state index contributed by atoms with van der Waals surface area (Å²) in [5, 5.41) is 12.4. The van der Waals surface area contributed by atoms with Gasteiger partial charge in [0, 0.05) is 32.2 Å². The largest absolute Gasteiger partial charge is 0.357 e. The molecule has 0 bridgehead atoms. The molecule has 8 nitrogen and oxygen atoms in total. The van der Waals surface area contributed by atoms with Crippen molar-refractivity contribution in [2.24, 2.45) is 0 Å². The van der Waals surface area contributed by atoms with Crippen molar-refractivity contribution in [3.05, 3.63) is 29.3 Å². The van der Waals surface area contributed by atoms with Crippen molar-refractivity contribution < 1.29 is 13.2 Å². The van der Waals surface area contributed by atoms with Crippen LogP contribution in [0.15, 0.2) is 27.4 Å². The fourth-order valence-electron chi connectivity index (χ4n) is 4.14. The Bertz CT molecular complexity index is 1090. The van der Waals surface area contributed by atoms with Gasteiger partial charge in [-0.25, -0.2) is 8.42 Å². The lowest BCUT2D eigenvalue weighted by molar-refractivity contribution is -0.129. The van der Waals surface area contributed by atoms with Crippen molar-refractivity contribution in [2.45, 2.75) is 53.8 Å². The summed E-state index contributed by atoms with van der Waals surface area (Å²) in [6.45, 7) is 1.47. The minimum atomic E-state index is -3.54. The number of carbonyl (C=O) groups is 1. The van der Waals surface area contributed by atoms with Crippen LogP contribution in [0.25, 0.3) is 0 Å². The number of nitrogens with one attached hydrogen (secondary N) is 1. The molecule has 2 aliphatic carbocycles. The summed E-state index contributed by atoms with van der Waals surface area (Å²) in [6, 6.07) is 6.09. The fourth-order valence-corrected chi connectivity index (χ4v) is 7.35. The van der Waals surface area contributed by atoms with Gasteiger partial charge in [0.1, 0.15) is 0 Å². The Balaban J connectivity index is 1.14. The standard InChI is InChI=1S/C21H27N5O3S3/c27-19(14-30-21-24-23-20(31-21)22-17-6-7-17)25-9-11-26(12-10-25)32(28,29)18-8-5-15-3-1-2-4-16(15)13-18/h5,8,13,17H,1-4,6-7,9-12,14H2,(H,22,23). The van der Waals surface area contributed by atoms with E-state index in [9.17, 15) is 13.2 Å². The van der Waals surface area contributed by atoms with Crippen LogP contribution in [0.4, 0.5) is 5.13 Å². The van der Waals surface area contributed by atoms with Gasteiger partial charge in [-0.15, -0.1) is 10.2 Å². The predicted octanol–water partition coefficient (Wildman–Crippen LogP) is 2.62. The first-order valence-electron chi connectivity index (χ1n) is 11.1. The first kappa shape index (κ1) is 22.1. The van der Waals surface area contributed by atoms with Gasteiger partial charge in [0.2, 0.25) is 21.1 Å². The molecule has 0 radical (unpaired) electrons. The molecule has 1 N–H and O–H groups in total. The molecule has 2 heterocycles. The Morgan fingerprint density at radius 2 is 1.84 bits per heavy atom. The van der Waals surface area contributed by atoms with Crippen LogP contribution in [0.2, 0.25) is 0 Å². The lowest BCUT2D eigenvalue weighted by Crippen LogP contribution is -2.51. The number of sulfonamides is 1. The Hall–Kier alpha value is -1.69. The van der Waals surface area contributed by atoms with Gasteiger partial charge in [-0.3, -0.25) is 4.79 Å². The van der Waals surface area contributed by atoms with E-state index >= 15 is 0 Å². The summed E-state index contributed by atoms with van der Waals surface area (Å²) in [7, 11) is -3.54. The number of nitrogens with zero attached hydrogens (tertiary/aromatic N) is 4. The van der Waals surface area contributed by atoms with Gasteiger partial charge in [-0.1, -0.05) is 29.2 Å². The van der Waals surface area contributed by atoms with Crippen LogP contribution in [0.5, 0.6) is 0 Å². The molecule has 3 aliphatic rings. The van der Waals surface area contributed by atoms with E-state index in [0.29, 0.717) is 37.1 Å². The van der Waals surface area contributed by atoms with Crippen LogP contribution in [-0.2, 0) is 27.7 Å². The maximum atomic E-state index is 13.1. The van der Waals surface area contributed by atoms with Gasteiger partial charge in [-0.2, -0.15) is 4.31 Å². The maximum absolute atomic E-state index is 13.1. The molecule has 172 valence electrons. The average Bonchev–Trinajstić information content (AvgIpc) is 3.52. The first-order chi connectivity index (χ1) is 15.5. The quantitative estimate of drug-likeness (QED) is 0.593. The normalized spacial score (nSPS) is 19.6. The number of fused-ring (bicyclic) bond motifs is 1. The first-order valence-corrected chi connectivity index (χ1v) is 14.4. The molecule has 1 aromatic heterocycles. The lowest BCUT2D eigenvalue weighted by Gasteiger charge is -2.34. The lowest BCUT2D eigenvalue weighted by atomic mass is 9.92. The molecule has 2 aromatic rings. The Kier molecular flexibility index (Phi) is 6.42. The summed E-state index contributed by atoms with van der Waals surface area (Å²) in [6.07, 6.45) is 6.62. The number of piperazine rings is 1. The van der Waals surface area contributed by atoms with E-state index in [1.165, 1.54) is 52.2 Å². The van der Waals surface area contributed by atoms with Crippen LogP contribution >= 0.6 is 23.1 Å². The number of aromatic nitrogens is 2. The van der Waals surface area contributed by atoms with Crippen molar-refractivity contribution in [3.8, 4) is 0 Å². The molecular formula is C21H27N5O3S3. The molecule has 5 rings (SSSR count). The Morgan fingerprint density at radius 3 is 2.59 bits per heavy atom. The van der Waals surface area contributed by atoms with Crippen LogP contribution < -0.4 is 5.32 Å². The number of amides is 1. The van der Waals surface area contributed by atoms with Crippen molar-refractivity contribution >= 4 is 44.2 Å². The number of hydrogen-bond donors (Lipinski definition) is 1. The zero-order chi connectivity index (χ0) is 22.1. The molecular weight excluding hydrogens is 466 g/mol. The molecule has 0 spiro atoms. The number of rotatable bonds is 7. The second-order valence-electron chi connectivity index (χ2n) is 8.50. The van der Waals surface area contributed by atoms with Gasteiger partial charge >= 0.3 is 0 Å². The second-order valence-corrected chi connectivity index (χ2v) is 12.6. The van der Waals surface area contributed by atoms with E-state index in [1.54, 1.807) is 11.0 Å². The number of hydrogen-bond acceptors (Lipinski definition) is 8. The molecule has 0 atom stereocenters. The summed E-state index contributed by atoms with van der Waals surface area (Å²) in [5.74, 6) is 0.294. The van der Waals surface area contributed by atoms with Crippen molar-refractivity contribution in [1.29, 1.82) is 0 Å². The summed E-state index contributed by atoms with van der Waals surface area (Å²) < 4.78 is 28.6. The van der Waals surface area contributed by atoms with Gasteiger partial charge < -0.3 is 10.2 Å². The molecule has 1 aromatic carbocycles. The van der Waals surface area contributed by atoms with Crippen molar-refractivity contribution in [2.75, 3.05) is 37.2 Å². The number of thioether (sulfide) groups is 1. The highest BCUT2D eigenvalue weighted by Crippen LogP contribution is 2.30. The van der Waals surface area contributed by atoms with Crippen LogP contribution in [-0.4, -0.2) is 71.7 Å². The van der Waals surface area contributed by atoms with E-state index in [2.05, 4.69) is 15.5 Å². The monoisotopic (exact) mass is 493 g/mol. The van der Waals surface area contributed by atoms with Crippen LogP contribution in [0, 0.1) is 0 Å². The van der Waals surface area contributed by atoms with Gasteiger partial charge in [0.05, 0.1) is 10.6 Å². The zero-order valence-corrected chi connectivity index (χ0v) is 20.3. The highest BCUT2D eigenvalue weighted by molar-refractivity contribution is 8.01. The molecule has 0 unspecified atom stereocenters. The fraction of sp³-hybridized carbons (Fsp3) is 0.571. The molecule has 1 saturated heterocycles. The number of carbonyl (C=O) groups excluding carboxylic acids is 1. The maximum Gasteiger partial charge on any atom is 0.243 e. The number of benzene rings is 1. The van der Waals surface area contributed by atoms with E-state index < -0.39 is 10.0 Å². The van der Waals surface area contributed by atoms with E-state index in [1.807, 2.05) is 12.1 Å². The van der Waals surface area contributed by atoms with Gasteiger partial charge in [0.15, 0.2) is 4.34 Å². The second kappa shape index (κ2) is 9.28. The molecule has 1 amide bonds. The SMILES string of the molecule is O=C(CSc1nnc(NC2CC2)s1)N1CCN(S(=O)(=O)c2ccc3c(c2)CCCC3)CC1. The molecule has 32 heavy (non-hydrogen) atoms. The van der Waals surface area contributed by atoms with Crippen LogP contribution in [0.1, 0.15) is 36.8 Å². The Labute approximate surface area is 196 Å². The van der Waals surface area contributed by atoms with E-state index in [4.69, 9.17) is 0 Å². The highest BCUT2D eigenvalue weighted by atomic mass is 32.2. The van der Waals surface area contributed by atoms with E-state index in [0.717, 1.165) is 34.3 Å². The highest BCUT2D eigenvalue weighted by Gasteiger charge is 2.31. The topological polar surface area (TPSA) is 95.5 Å².